The van der Waals surface area contributed by atoms with Crippen molar-refractivity contribution in [1.82, 2.24) is 15.0 Å². The monoisotopic (exact) mass is 259 g/mol. The molecule has 2 aromatic heterocycles. The van der Waals surface area contributed by atoms with Gasteiger partial charge in [0, 0.05) is 10.9 Å². The van der Waals surface area contributed by atoms with Gasteiger partial charge in [0.2, 0.25) is 0 Å². The third-order valence-electron chi connectivity index (χ3n) is 2.74. The fraction of sp³-hybridized carbons (Fsp3) is 0.0769. The highest BCUT2D eigenvalue weighted by Crippen LogP contribution is 2.29. The molecular weight excluding hydrogens is 250 g/mol. The lowest BCUT2D eigenvalue weighted by molar-refractivity contribution is 0.415. The summed E-state index contributed by atoms with van der Waals surface area (Å²) in [5, 5.41) is 1.45. The van der Waals surface area contributed by atoms with Gasteiger partial charge in [-0.1, -0.05) is 23.7 Å². The van der Waals surface area contributed by atoms with Gasteiger partial charge < -0.3 is 9.72 Å². The lowest BCUT2D eigenvalue weighted by atomic mass is 10.1. The fourth-order valence-corrected chi connectivity index (χ4v) is 2.11. The number of nitrogens with zero attached hydrogens (tertiary/aromatic N) is 2. The molecule has 90 valence electrons. The normalized spacial score (nSPS) is 10.8. The number of hydrogen-bond acceptors (Lipinski definition) is 3. The van der Waals surface area contributed by atoms with Crippen LogP contribution < -0.4 is 4.74 Å². The van der Waals surface area contributed by atoms with Gasteiger partial charge in [0.15, 0.2) is 0 Å². The van der Waals surface area contributed by atoms with E-state index in [1.165, 1.54) is 6.33 Å². The van der Waals surface area contributed by atoms with E-state index in [2.05, 4.69) is 15.0 Å². The smallest absolute Gasteiger partial charge is 0.142 e. The van der Waals surface area contributed by atoms with Crippen LogP contribution in [0.1, 0.15) is 0 Å². The molecule has 1 N–H and O–H groups in total. The number of halogens is 1. The maximum Gasteiger partial charge on any atom is 0.142 e. The van der Waals surface area contributed by atoms with E-state index in [-0.39, 0.29) is 0 Å². The number of ether oxygens (including phenoxy) is 1. The van der Waals surface area contributed by atoms with Gasteiger partial charge in [-0.15, -0.1) is 0 Å². The number of H-pyrrole nitrogens is 1. The highest BCUT2D eigenvalue weighted by molar-refractivity contribution is 6.30. The topological polar surface area (TPSA) is 50.8 Å². The van der Waals surface area contributed by atoms with Gasteiger partial charge in [-0.3, -0.25) is 0 Å². The standard InChI is InChI=1S/C13H10ClN3O/c1-18-9-4-2-3-8(5-9)12-10-6-11(14)17-13(10)16-7-15-12/h2-7H,1H3,(H,15,16,17). The maximum atomic E-state index is 5.95. The SMILES string of the molecule is COc1cccc(-c2ncnc3[nH]c(Cl)cc23)c1. The minimum atomic E-state index is 0.551. The summed E-state index contributed by atoms with van der Waals surface area (Å²) >= 11 is 5.95. The van der Waals surface area contributed by atoms with E-state index < -0.39 is 0 Å². The van der Waals surface area contributed by atoms with Crippen molar-refractivity contribution in [3.63, 3.8) is 0 Å². The molecular formula is C13H10ClN3O. The molecule has 3 rings (SSSR count). The minimum Gasteiger partial charge on any atom is -0.497 e. The van der Waals surface area contributed by atoms with E-state index in [0.29, 0.717) is 5.15 Å². The van der Waals surface area contributed by atoms with Crippen molar-refractivity contribution in [3.8, 4) is 17.0 Å². The number of hydrogen-bond donors (Lipinski definition) is 1. The van der Waals surface area contributed by atoms with Gasteiger partial charge in [-0.2, -0.15) is 0 Å². The number of aromatic nitrogens is 3. The second-order valence-corrected chi connectivity index (χ2v) is 4.24. The molecule has 0 aliphatic rings. The van der Waals surface area contributed by atoms with E-state index in [1.54, 1.807) is 7.11 Å². The molecule has 0 bridgehead atoms. The van der Waals surface area contributed by atoms with E-state index in [4.69, 9.17) is 16.3 Å². The van der Waals surface area contributed by atoms with Gasteiger partial charge in [0.25, 0.3) is 0 Å². The van der Waals surface area contributed by atoms with E-state index in [0.717, 1.165) is 28.0 Å². The summed E-state index contributed by atoms with van der Waals surface area (Å²) in [5.74, 6) is 0.792. The summed E-state index contributed by atoms with van der Waals surface area (Å²) in [6.07, 6.45) is 1.52. The maximum absolute atomic E-state index is 5.95. The third-order valence-corrected chi connectivity index (χ3v) is 2.94. The number of aromatic amines is 1. The lowest BCUT2D eigenvalue weighted by Gasteiger charge is -2.04. The highest BCUT2D eigenvalue weighted by atomic mass is 35.5. The molecule has 0 radical (unpaired) electrons. The Balaban J connectivity index is 2.24. The Labute approximate surface area is 109 Å². The Bertz CT molecular complexity index is 708. The van der Waals surface area contributed by atoms with Gasteiger partial charge in [0.05, 0.1) is 12.8 Å². The molecule has 0 aliphatic carbocycles. The predicted molar refractivity (Wildman–Crippen MR) is 70.9 cm³/mol. The molecule has 4 nitrogen and oxygen atoms in total. The van der Waals surface area contributed by atoms with Crippen LogP contribution in [0, 0.1) is 0 Å². The molecule has 2 heterocycles. The predicted octanol–water partition coefficient (Wildman–Crippen LogP) is 3.29. The molecule has 0 saturated heterocycles. The van der Waals surface area contributed by atoms with Crippen LogP contribution in [0.25, 0.3) is 22.3 Å². The van der Waals surface area contributed by atoms with Gasteiger partial charge in [-0.25, -0.2) is 9.97 Å². The lowest BCUT2D eigenvalue weighted by Crippen LogP contribution is -1.88. The van der Waals surface area contributed by atoms with Crippen LogP contribution in [-0.4, -0.2) is 22.1 Å². The molecule has 0 amide bonds. The summed E-state index contributed by atoms with van der Waals surface area (Å²) in [7, 11) is 1.64. The quantitative estimate of drug-likeness (QED) is 0.768. The first-order valence-electron chi connectivity index (χ1n) is 5.41. The number of nitrogens with one attached hydrogen (secondary N) is 1. The molecule has 0 aliphatic heterocycles. The first-order valence-corrected chi connectivity index (χ1v) is 5.79. The van der Waals surface area contributed by atoms with Crippen molar-refractivity contribution in [3.05, 3.63) is 41.8 Å². The van der Waals surface area contributed by atoms with Crippen molar-refractivity contribution in [2.24, 2.45) is 0 Å². The van der Waals surface area contributed by atoms with Crippen LogP contribution in [0.2, 0.25) is 5.15 Å². The van der Waals surface area contributed by atoms with Crippen molar-refractivity contribution in [2.75, 3.05) is 7.11 Å². The zero-order valence-electron chi connectivity index (χ0n) is 9.64. The second kappa shape index (κ2) is 4.31. The van der Waals surface area contributed by atoms with Crippen LogP contribution in [0.15, 0.2) is 36.7 Å². The first kappa shape index (κ1) is 11.0. The van der Waals surface area contributed by atoms with Crippen molar-refractivity contribution in [2.45, 2.75) is 0 Å². The van der Waals surface area contributed by atoms with Crippen molar-refractivity contribution < 1.29 is 4.74 Å². The van der Waals surface area contributed by atoms with E-state index in [9.17, 15) is 0 Å². The van der Waals surface area contributed by atoms with Crippen LogP contribution >= 0.6 is 11.6 Å². The molecule has 0 saturated carbocycles. The average molecular weight is 260 g/mol. The largest absolute Gasteiger partial charge is 0.497 e. The first-order chi connectivity index (χ1) is 8.78. The van der Waals surface area contributed by atoms with Gasteiger partial charge >= 0.3 is 0 Å². The number of fused-ring (bicyclic) bond motifs is 1. The minimum absolute atomic E-state index is 0.551. The Morgan fingerprint density at radius 3 is 2.94 bits per heavy atom. The van der Waals surface area contributed by atoms with E-state index >= 15 is 0 Å². The molecule has 1 aromatic carbocycles. The molecule has 3 aromatic rings. The summed E-state index contributed by atoms with van der Waals surface area (Å²) in [6.45, 7) is 0. The molecule has 0 fully saturated rings. The number of rotatable bonds is 2. The van der Waals surface area contributed by atoms with Gasteiger partial charge in [-0.05, 0) is 18.2 Å². The van der Waals surface area contributed by atoms with Crippen LogP contribution in [0.4, 0.5) is 0 Å². The highest BCUT2D eigenvalue weighted by Gasteiger charge is 2.09. The Hall–Kier alpha value is -2.07. The van der Waals surface area contributed by atoms with Crippen molar-refractivity contribution >= 4 is 22.6 Å². The van der Waals surface area contributed by atoms with Crippen LogP contribution in [-0.2, 0) is 0 Å². The summed E-state index contributed by atoms with van der Waals surface area (Å²) in [6, 6.07) is 9.56. The summed E-state index contributed by atoms with van der Waals surface area (Å²) in [4.78, 5) is 11.4. The van der Waals surface area contributed by atoms with Crippen molar-refractivity contribution in [1.29, 1.82) is 0 Å². The number of methoxy groups -OCH3 is 1. The fourth-order valence-electron chi connectivity index (χ4n) is 1.91. The third kappa shape index (κ3) is 1.80. The zero-order chi connectivity index (χ0) is 12.5. The molecule has 0 spiro atoms. The Kier molecular flexibility index (Phi) is 2.64. The van der Waals surface area contributed by atoms with Crippen LogP contribution in [0.3, 0.4) is 0 Å². The molecule has 0 unspecified atom stereocenters. The molecule has 18 heavy (non-hydrogen) atoms. The van der Waals surface area contributed by atoms with Crippen LogP contribution in [0.5, 0.6) is 5.75 Å². The summed E-state index contributed by atoms with van der Waals surface area (Å²) in [5.41, 5.74) is 2.53. The Morgan fingerprint density at radius 2 is 2.11 bits per heavy atom. The Morgan fingerprint density at radius 1 is 1.22 bits per heavy atom. The summed E-state index contributed by atoms with van der Waals surface area (Å²) < 4.78 is 5.22. The second-order valence-electron chi connectivity index (χ2n) is 3.83. The average Bonchev–Trinajstić information content (AvgIpc) is 2.78. The molecule has 0 atom stereocenters. The van der Waals surface area contributed by atoms with Gasteiger partial charge in [0.1, 0.15) is 22.9 Å². The number of benzene rings is 1. The van der Waals surface area contributed by atoms with E-state index in [1.807, 2.05) is 30.3 Å². The zero-order valence-corrected chi connectivity index (χ0v) is 10.4. The molecule has 5 heteroatoms.